The maximum atomic E-state index is 13.3. The summed E-state index contributed by atoms with van der Waals surface area (Å²) in [5, 5.41) is 4.85. The zero-order valence-corrected chi connectivity index (χ0v) is 9.78. The molecule has 1 aromatic rings. The quantitative estimate of drug-likeness (QED) is 0.803. The molecule has 1 amide bonds. The number of carbonyl (C=O) groups excluding carboxylic acids is 1. The van der Waals surface area contributed by atoms with E-state index in [0.717, 1.165) is 12.1 Å². The highest BCUT2D eigenvalue weighted by molar-refractivity contribution is 5.85. The number of hydrogen-bond acceptors (Lipinski definition) is 4. The Bertz CT molecular complexity index is 441. The molecule has 0 heterocycles. The fourth-order valence-corrected chi connectivity index (χ4v) is 1.08. The summed E-state index contributed by atoms with van der Waals surface area (Å²) in [6.45, 7) is 5.06. The minimum atomic E-state index is -0.792. The molecule has 92 valence electrons. The number of carbonyl (C=O) groups is 1. The molecular weight excluding hydrogens is 227 g/mol. The van der Waals surface area contributed by atoms with Gasteiger partial charge in [-0.1, -0.05) is 0 Å². The fraction of sp³-hybridized carbons (Fsp3) is 0.364. The molecule has 1 rings (SSSR count). The Morgan fingerprint density at radius 1 is 1.41 bits per heavy atom. The van der Waals surface area contributed by atoms with Crippen LogP contribution in [0.3, 0.4) is 0 Å². The third-order valence-corrected chi connectivity index (χ3v) is 1.69. The molecule has 5 nitrogen and oxygen atoms in total. The van der Waals surface area contributed by atoms with Gasteiger partial charge in [-0.05, 0) is 44.1 Å². The molecule has 0 aromatic heterocycles. The number of rotatable bonds is 2. The second-order valence-electron chi connectivity index (χ2n) is 4.38. The van der Waals surface area contributed by atoms with Gasteiger partial charge in [0.05, 0.1) is 5.69 Å². The van der Waals surface area contributed by atoms with E-state index in [9.17, 15) is 14.1 Å². The van der Waals surface area contributed by atoms with Crippen molar-refractivity contribution in [1.82, 2.24) is 0 Å². The maximum absolute atomic E-state index is 13.3. The number of benzene rings is 1. The zero-order chi connectivity index (χ0) is 13.1. The molecule has 0 bridgehead atoms. The number of nitrogens with one attached hydrogen (secondary N) is 1. The van der Waals surface area contributed by atoms with Crippen molar-refractivity contribution in [3.8, 4) is 0 Å². The molecule has 17 heavy (non-hydrogen) atoms. The van der Waals surface area contributed by atoms with Gasteiger partial charge in [-0.15, -0.1) is 4.91 Å². The van der Waals surface area contributed by atoms with Gasteiger partial charge >= 0.3 is 6.09 Å². The largest absolute Gasteiger partial charge is 0.444 e. The van der Waals surface area contributed by atoms with Gasteiger partial charge < -0.3 is 4.74 Å². The number of anilines is 1. The molecule has 0 aliphatic rings. The predicted octanol–water partition coefficient (Wildman–Crippen LogP) is 3.57. The van der Waals surface area contributed by atoms with Gasteiger partial charge in [0.25, 0.3) is 0 Å². The van der Waals surface area contributed by atoms with Gasteiger partial charge in [0, 0.05) is 0 Å². The van der Waals surface area contributed by atoms with Crippen molar-refractivity contribution in [1.29, 1.82) is 0 Å². The summed E-state index contributed by atoms with van der Waals surface area (Å²) in [6, 6.07) is 3.39. The maximum Gasteiger partial charge on any atom is 0.412 e. The number of hydrogen-bond donors (Lipinski definition) is 1. The minimum Gasteiger partial charge on any atom is -0.444 e. The van der Waals surface area contributed by atoms with Crippen molar-refractivity contribution in [2.45, 2.75) is 26.4 Å². The van der Waals surface area contributed by atoms with Gasteiger partial charge in [-0.25, -0.2) is 9.18 Å². The third kappa shape index (κ3) is 4.18. The number of halogens is 1. The number of nitrogens with zero attached hydrogens (tertiary/aromatic N) is 1. The van der Waals surface area contributed by atoms with Crippen molar-refractivity contribution >= 4 is 17.5 Å². The minimum absolute atomic E-state index is 0.0254. The van der Waals surface area contributed by atoms with E-state index in [1.165, 1.54) is 6.07 Å². The van der Waals surface area contributed by atoms with Crippen LogP contribution in [0.2, 0.25) is 0 Å². The average Bonchev–Trinajstić information content (AvgIpc) is 2.18. The summed E-state index contributed by atoms with van der Waals surface area (Å²) in [5.41, 5.74) is -0.796. The van der Waals surface area contributed by atoms with Crippen LogP contribution in [0.1, 0.15) is 20.8 Å². The molecule has 0 fully saturated rings. The molecule has 0 aliphatic heterocycles. The summed E-state index contributed by atoms with van der Waals surface area (Å²) < 4.78 is 18.2. The van der Waals surface area contributed by atoms with Crippen LogP contribution in [0, 0.1) is 10.7 Å². The lowest BCUT2D eigenvalue weighted by atomic mass is 10.2. The van der Waals surface area contributed by atoms with Gasteiger partial charge in [0.15, 0.2) is 0 Å². The number of nitroso groups, excluding NO2 is 1. The molecule has 0 radical (unpaired) electrons. The average molecular weight is 240 g/mol. The van der Waals surface area contributed by atoms with Gasteiger partial charge in [-0.3, -0.25) is 5.32 Å². The van der Waals surface area contributed by atoms with Crippen molar-refractivity contribution in [3.63, 3.8) is 0 Å². The highest BCUT2D eigenvalue weighted by Crippen LogP contribution is 2.22. The van der Waals surface area contributed by atoms with E-state index < -0.39 is 17.5 Å². The van der Waals surface area contributed by atoms with Crippen LogP contribution in [0.4, 0.5) is 20.6 Å². The summed E-state index contributed by atoms with van der Waals surface area (Å²) in [5.74, 6) is -0.664. The van der Waals surface area contributed by atoms with Crippen LogP contribution in [-0.2, 0) is 4.74 Å². The first-order chi connectivity index (χ1) is 7.81. The highest BCUT2D eigenvalue weighted by Gasteiger charge is 2.17. The van der Waals surface area contributed by atoms with E-state index in [4.69, 9.17) is 4.74 Å². The van der Waals surface area contributed by atoms with Crippen LogP contribution < -0.4 is 5.32 Å². The van der Waals surface area contributed by atoms with Gasteiger partial charge in [-0.2, -0.15) is 0 Å². The second kappa shape index (κ2) is 4.90. The van der Waals surface area contributed by atoms with Crippen LogP contribution in [0.25, 0.3) is 0 Å². The Kier molecular flexibility index (Phi) is 3.77. The van der Waals surface area contributed by atoms with E-state index in [0.29, 0.717) is 0 Å². The SMILES string of the molecule is CC(C)(C)OC(=O)Nc1cc(N=O)ccc1F. The normalized spacial score (nSPS) is 10.8. The first kappa shape index (κ1) is 13.1. The Labute approximate surface area is 97.9 Å². The summed E-state index contributed by atoms with van der Waals surface area (Å²) in [6.07, 6.45) is -0.792. The first-order valence-corrected chi connectivity index (χ1v) is 4.95. The number of ether oxygens (including phenoxy) is 1. The highest BCUT2D eigenvalue weighted by atomic mass is 19.1. The lowest BCUT2D eigenvalue weighted by molar-refractivity contribution is 0.0635. The first-order valence-electron chi connectivity index (χ1n) is 4.95. The van der Waals surface area contributed by atoms with Crippen LogP contribution >= 0.6 is 0 Å². The van der Waals surface area contributed by atoms with Gasteiger partial charge in [0.1, 0.15) is 17.1 Å². The zero-order valence-electron chi connectivity index (χ0n) is 9.78. The van der Waals surface area contributed by atoms with Gasteiger partial charge in [0.2, 0.25) is 0 Å². The molecule has 1 N–H and O–H groups in total. The third-order valence-electron chi connectivity index (χ3n) is 1.69. The smallest absolute Gasteiger partial charge is 0.412 e. The van der Waals surface area contributed by atoms with Crippen molar-refractivity contribution in [3.05, 3.63) is 28.9 Å². The van der Waals surface area contributed by atoms with E-state index in [-0.39, 0.29) is 11.4 Å². The van der Waals surface area contributed by atoms with Crippen LogP contribution in [-0.4, -0.2) is 11.7 Å². The molecule has 0 aliphatic carbocycles. The van der Waals surface area contributed by atoms with Crippen molar-refractivity contribution in [2.75, 3.05) is 5.32 Å². The Morgan fingerprint density at radius 2 is 2.06 bits per heavy atom. The fourth-order valence-electron chi connectivity index (χ4n) is 1.08. The lowest BCUT2D eigenvalue weighted by Crippen LogP contribution is -2.27. The molecule has 1 aromatic carbocycles. The van der Waals surface area contributed by atoms with E-state index in [1.54, 1.807) is 20.8 Å². The molecular formula is C11H13FN2O3. The van der Waals surface area contributed by atoms with Crippen LogP contribution in [0.15, 0.2) is 23.4 Å². The monoisotopic (exact) mass is 240 g/mol. The predicted molar refractivity (Wildman–Crippen MR) is 61.7 cm³/mol. The molecule has 0 spiro atoms. The molecule has 0 atom stereocenters. The van der Waals surface area contributed by atoms with E-state index in [2.05, 4.69) is 10.5 Å². The topological polar surface area (TPSA) is 67.8 Å². The summed E-state index contributed by atoms with van der Waals surface area (Å²) >= 11 is 0. The lowest BCUT2D eigenvalue weighted by Gasteiger charge is -2.19. The Morgan fingerprint density at radius 3 is 2.59 bits per heavy atom. The van der Waals surface area contributed by atoms with Crippen molar-refractivity contribution < 1.29 is 13.9 Å². The Hall–Kier alpha value is -1.98. The van der Waals surface area contributed by atoms with Crippen molar-refractivity contribution in [2.24, 2.45) is 5.18 Å². The Balaban J connectivity index is 2.81. The molecule has 0 unspecified atom stereocenters. The molecule has 0 saturated heterocycles. The van der Waals surface area contributed by atoms with Crippen LogP contribution in [0.5, 0.6) is 0 Å². The standard InChI is InChI=1S/C11H13FN2O3/c1-11(2,3)17-10(15)13-9-6-7(14-16)4-5-8(9)12/h4-6H,1-3H3,(H,13,15). The molecule has 6 heteroatoms. The number of amides is 1. The summed E-state index contributed by atoms with van der Waals surface area (Å²) in [4.78, 5) is 21.6. The second-order valence-corrected chi connectivity index (χ2v) is 4.38. The van der Waals surface area contributed by atoms with E-state index >= 15 is 0 Å². The molecule has 0 saturated carbocycles. The van der Waals surface area contributed by atoms with E-state index in [1.807, 2.05) is 0 Å². The summed E-state index contributed by atoms with van der Waals surface area (Å²) in [7, 11) is 0.